The van der Waals surface area contributed by atoms with E-state index in [2.05, 4.69) is 6.58 Å². The molecule has 0 N–H and O–H groups in total. The number of amides is 1. The van der Waals surface area contributed by atoms with Gasteiger partial charge in [-0.3, -0.25) is 4.79 Å². The summed E-state index contributed by atoms with van der Waals surface area (Å²) in [7, 11) is 0. The molecule has 24 heavy (non-hydrogen) atoms. The van der Waals surface area contributed by atoms with Gasteiger partial charge in [0.1, 0.15) is 18.9 Å². The molecular weight excluding hydrogens is 323 g/mol. The number of hydrogen-bond donors (Lipinski definition) is 0. The summed E-state index contributed by atoms with van der Waals surface area (Å²) in [5, 5.41) is 0. The van der Waals surface area contributed by atoms with Crippen LogP contribution in [0, 0.1) is 0 Å². The summed E-state index contributed by atoms with van der Waals surface area (Å²) in [6.45, 7) is 3.06. The van der Waals surface area contributed by atoms with E-state index >= 15 is 0 Å². The highest BCUT2D eigenvalue weighted by Gasteiger charge is 2.32. The van der Waals surface area contributed by atoms with Crippen molar-refractivity contribution in [1.29, 1.82) is 0 Å². The predicted octanol–water partition coefficient (Wildman–Crippen LogP) is 3.43. The molecule has 0 aromatic heterocycles. The Hall–Kier alpha value is -2.02. The molecule has 1 saturated heterocycles. The molecule has 0 aliphatic carbocycles. The quantitative estimate of drug-likeness (QED) is 0.712. The van der Waals surface area contributed by atoms with Crippen molar-refractivity contribution in [1.82, 2.24) is 4.90 Å². The third-order valence-electron chi connectivity index (χ3n) is 3.57. The Bertz CT molecular complexity index is 551. The van der Waals surface area contributed by atoms with E-state index in [1.165, 1.54) is 18.2 Å². The highest BCUT2D eigenvalue weighted by molar-refractivity contribution is 5.94. The lowest BCUT2D eigenvalue weighted by atomic mass is 10.2. The SMILES string of the molecule is C=CCN(CC(F)(F)F)C(=O)c1ccc(OCC2CCCO2)cc1. The fraction of sp³-hybridized carbons (Fsp3) is 0.471. The van der Waals surface area contributed by atoms with E-state index in [9.17, 15) is 18.0 Å². The molecule has 1 amide bonds. The first-order valence-electron chi connectivity index (χ1n) is 7.70. The molecule has 1 unspecified atom stereocenters. The van der Waals surface area contributed by atoms with Crippen LogP contribution >= 0.6 is 0 Å². The number of carbonyl (C=O) groups is 1. The van der Waals surface area contributed by atoms with E-state index in [0.717, 1.165) is 19.4 Å². The van der Waals surface area contributed by atoms with Gasteiger partial charge in [-0.2, -0.15) is 13.2 Å². The van der Waals surface area contributed by atoms with Crippen LogP contribution in [-0.4, -0.2) is 49.4 Å². The van der Waals surface area contributed by atoms with Crippen LogP contribution in [0.1, 0.15) is 23.2 Å². The average Bonchev–Trinajstić information content (AvgIpc) is 3.04. The lowest BCUT2D eigenvalue weighted by molar-refractivity contribution is -0.139. The Labute approximate surface area is 138 Å². The highest BCUT2D eigenvalue weighted by Crippen LogP contribution is 2.20. The Morgan fingerprint density at radius 1 is 1.38 bits per heavy atom. The smallest absolute Gasteiger partial charge is 0.406 e. The topological polar surface area (TPSA) is 38.8 Å². The van der Waals surface area contributed by atoms with Crippen molar-refractivity contribution >= 4 is 5.91 Å². The van der Waals surface area contributed by atoms with Crippen molar-refractivity contribution in [3.8, 4) is 5.75 Å². The van der Waals surface area contributed by atoms with Crippen molar-refractivity contribution in [2.75, 3.05) is 26.3 Å². The molecule has 0 radical (unpaired) electrons. The second-order valence-corrected chi connectivity index (χ2v) is 5.56. The van der Waals surface area contributed by atoms with Gasteiger partial charge in [0.05, 0.1) is 6.10 Å². The standard InChI is InChI=1S/C17H20F3NO3/c1-2-9-21(12-17(18,19)20)16(22)13-5-7-14(8-6-13)24-11-15-4-3-10-23-15/h2,5-8,15H,1,3-4,9-12H2. The third kappa shape index (κ3) is 5.56. The lowest BCUT2D eigenvalue weighted by Gasteiger charge is -2.22. The molecule has 1 fully saturated rings. The third-order valence-corrected chi connectivity index (χ3v) is 3.57. The molecule has 1 heterocycles. The van der Waals surface area contributed by atoms with E-state index in [-0.39, 0.29) is 18.2 Å². The summed E-state index contributed by atoms with van der Waals surface area (Å²) in [5.74, 6) is -0.147. The molecule has 1 aromatic rings. The Balaban J connectivity index is 1.96. The first-order chi connectivity index (χ1) is 11.4. The minimum absolute atomic E-state index is 0.0705. The number of halogens is 3. The average molecular weight is 343 g/mol. The van der Waals surface area contributed by atoms with E-state index < -0.39 is 18.6 Å². The monoisotopic (exact) mass is 343 g/mol. The summed E-state index contributed by atoms with van der Waals surface area (Å²) >= 11 is 0. The molecule has 2 rings (SSSR count). The largest absolute Gasteiger partial charge is 0.491 e. The molecule has 0 saturated carbocycles. The maximum Gasteiger partial charge on any atom is 0.406 e. The van der Waals surface area contributed by atoms with Crippen molar-refractivity contribution in [3.63, 3.8) is 0 Å². The zero-order chi connectivity index (χ0) is 17.6. The predicted molar refractivity (Wildman–Crippen MR) is 83.1 cm³/mol. The highest BCUT2D eigenvalue weighted by atomic mass is 19.4. The van der Waals surface area contributed by atoms with Crippen molar-refractivity contribution in [3.05, 3.63) is 42.5 Å². The molecule has 1 atom stereocenters. The van der Waals surface area contributed by atoms with E-state index in [4.69, 9.17) is 9.47 Å². The lowest BCUT2D eigenvalue weighted by Crippen LogP contribution is -2.39. The molecule has 132 valence electrons. The summed E-state index contributed by atoms with van der Waals surface area (Å²) in [4.78, 5) is 12.9. The zero-order valence-corrected chi connectivity index (χ0v) is 13.2. The Morgan fingerprint density at radius 2 is 2.08 bits per heavy atom. The number of alkyl halides is 3. The fourth-order valence-corrected chi connectivity index (χ4v) is 2.43. The van der Waals surface area contributed by atoms with Gasteiger partial charge in [0.2, 0.25) is 0 Å². The molecular formula is C17H20F3NO3. The van der Waals surface area contributed by atoms with Crippen LogP contribution in [0.3, 0.4) is 0 Å². The van der Waals surface area contributed by atoms with E-state index in [0.29, 0.717) is 17.3 Å². The van der Waals surface area contributed by atoms with Crippen molar-refractivity contribution < 1.29 is 27.4 Å². The molecule has 0 bridgehead atoms. The van der Waals surface area contributed by atoms with E-state index in [1.807, 2.05) is 0 Å². The van der Waals surface area contributed by atoms with Crippen LogP contribution < -0.4 is 4.74 Å². The molecule has 1 aliphatic rings. The van der Waals surface area contributed by atoms with Gasteiger partial charge in [-0.05, 0) is 37.1 Å². The van der Waals surface area contributed by atoms with Gasteiger partial charge in [-0.15, -0.1) is 6.58 Å². The van der Waals surface area contributed by atoms with Gasteiger partial charge in [0.25, 0.3) is 5.91 Å². The minimum atomic E-state index is -4.46. The van der Waals surface area contributed by atoms with Crippen molar-refractivity contribution in [2.24, 2.45) is 0 Å². The number of rotatable bonds is 7. The number of carbonyl (C=O) groups excluding carboxylic acids is 1. The van der Waals surface area contributed by atoms with Gasteiger partial charge in [0.15, 0.2) is 0 Å². The second-order valence-electron chi connectivity index (χ2n) is 5.56. The molecule has 1 aliphatic heterocycles. The first kappa shape index (κ1) is 18.3. The van der Waals surface area contributed by atoms with Gasteiger partial charge in [-0.1, -0.05) is 6.08 Å². The number of benzene rings is 1. The van der Waals surface area contributed by atoms with Gasteiger partial charge < -0.3 is 14.4 Å². The van der Waals surface area contributed by atoms with Crippen LogP contribution in [0.2, 0.25) is 0 Å². The molecule has 4 nitrogen and oxygen atoms in total. The van der Waals surface area contributed by atoms with Gasteiger partial charge in [-0.25, -0.2) is 0 Å². The number of ether oxygens (including phenoxy) is 2. The summed E-state index contributed by atoms with van der Waals surface area (Å²) in [5.41, 5.74) is 0.172. The first-order valence-corrected chi connectivity index (χ1v) is 7.70. The van der Waals surface area contributed by atoms with Gasteiger partial charge in [0, 0.05) is 18.7 Å². The number of hydrogen-bond acceptors (Lipinski definition) is 3. The Kier molecular flexibility index (Phi) is 6.25. The number of nitrogens with zero attached hydrogens (tertiary/aromatic N) is 1. The summed E-state index contributed by atoms with van der Waals surface area (Å²) in [6, 6.07) is 6.06. The molecule has 0 spiro atoms. The van der Waals surface area contributed by atoms with Crippen LogP contribution in [0.5, 0.6) is 5.75 Å². The van der Waals surface area contributed by atoms with Crippen LogP contribution in [0.15, 0.2) is 36.9 Å². The summed E-state index contributed by atoms with van der Waals surface area (Å²) in [6.07, 6.45) is -1.16. The summed E-state index contributed by atoms with van der Waals surface area (Å²) < 4.78 is 48.7. The fourth-order valence-electron chi connectivity index (χ4n) is 2.43. The van der Waals surface area contributed by atoms with Crippen LogP contribution in [0.25, 0.3) is 0 Å². The minimum Gasteiger partial charge on any atom is -0.491 e. The van der Waals surface area contributed by atoms with E-state index in [1.54, 1.807) is 12.1 Å². The molecule has 1 aromatic carbocycles. The van der Waals surface area contributed by atoms with Crippen LogP contribution in [0.4, 0.5) is 13.2 Å². The van der Waals surface area contributed by atoms with Crippen molar-refractivity contribution in [2.45, 2.75) is 25.1 Å². The van der Waals surface area contributed by atoms with Gasteiger partial charge >= 0.3 is 6.18 Å². The zero-order valence-electron chi connectivity index (χ0n) is 13.2. The van der Waals surface area contributed by atoms with Crippen LogP contribution in [-0.2, 0) is 4.74 Å². The Morgan fingerprint density at radius 3 is 2.62 bits per heavy atom. The second kappa shape index (κ2) is 8.19. The normalized spacial score (nSPS) is 17.5. The molecule has 7 heteroatoms. The maximum atomic E-state index is 12.6. The maximum absolute atomic E-state index is 12.6.